The van der Waals surface area contributed by atoms with E-state index >= 15 is 0 Å². The fraction of sp³-hybridized carbons (Fsp3) is 0.917. The van der Waals surface area contributed by atoms with Crippen LogP contribution in [0.4, 0.5) is 0 Å². The van der Waals surface area contributed by atoms with Crippen LogP contribution in [0.15, 0.2) is 0 Å². The van der Waals surface area contributed by atoms with E-state index in [1.807, 2.05) is 0 Å². The van der Waals surface area contributed by atoms with Gasteiger partial charge in [0.05, 0.1) is 7.11 Å². The summed E-state index contributed by atoms with van der Waals surface area (Å²) in [6.45, 7) is 5.09. The van der Waals surface area contributed by atoms with E-state index in [9.17, 15) is 4.79 Å². The zero-order chi connectivity index (χ0) is 12.0. The average molecular weight is 228 g/mol. The maximum Gasteiger partial charge on any atom is 0.305 e. The number of nitrogens with zero attached hydrogens (tertiary/aromatic N) is 1. The summed E-state index contributed by atoms with van der Waals surface area (Å²) in [4.78, 5) is 13.4. The molecule has 4 nitrogen and oxygen atoms in total. The molecule has 2 atom stereocenters. The minimum atomic E-state index is -0.116. The Morgan fingerprint density at radius 2 is 2.31 bits per heavy atom. The van der Waals surface area contributed by atoms with Gasteiger partial charge in [-0.15, -0.1) is 0 Å². The van der Waals surface area contributed by atoms with Gasteiger partial charge in [-0.3, -0.25) is 9.69 Å². The third kappa shape index (κ3) is 4.10. The molecule has 0 aromatic heterocycles. The molecule has 0 bridgehead atoms. The number of carbonyl (C=O) groups excluding carboxylic acids is 1. The van der Waals surface area contributed by atoms with Gasteiger partial charge >= 0.3 is 5.97 Å². The lowest BCUT2D eigenvalue weighted by Gasteiger charge is -2.37. The number of nitrogens with two attached hydrogens (primary N) is 1. The molecule has 1 rings (SSSR count). The van der Waals surface area contributed by atoms with E-state index in [1.54, 1.807) is 0 Å². The molecule has 1 fully saturated rings. The first-order valence-corrected chi connectivity index (χ1v) is 6.18. The van der Waals surface area contributed by atoms with Crippen LogP contribution in [0, 0.1) is 5.92 Å². The summed E-state index contributed by atoms with van der Waals surface area (Å²) in [5.74, 6) is 0.667. The topological polar surface area (TPSA) is 55.6 Å². The van der Waals surface area contributed by atoms with Crippen LogP contribution in [0.5, 0.6) is 0 Å². The number of carbonyl (C=O) groups is 1. The number of hydrogen-bond donors (Lipinski definition) is 1. The molecule has 4 heteroatoms. The molecule has 0 aromatic carbocycles. The first-order chi connectivity index (χ1) is 7.67. The van der Waals surface area contributed by atoms with Gasteiger partial charge in [-0.2, -0.15) is 0 Å². The van der Waals surface area contributed by atoms with Gasteiger partial charge in [-0.25, -0.2) is 0 Å². The minimum Gasteiger partial charge on any atom is -0.469 e. The van der Waals surface area contributed by atoms with Crippen LogP contribution in [-0.4, -0.2) is 43.7 Å². The summed E-state index contributed by atoms with van der Waals surface area (Å²) in [5.41, 5.74) is 5.78. The number of methoxy groups -OCH3 is 1. The van der Waals surface area contributed by atoms with E-state index in [2.05, 4.69) is 16.6 Å². The number of esters is 1. The lowest BCUT2D eigenvalue weighted by atomic mass is 9.92. The van der Waals surface area contributed by atoms with Crippen molar-refractivity contribution in [2.24, 2.45) is 11.7 Å². The molecule has 0 radical (unpaired) electrons. The Balaban J connectivity index is 2.26. The number of likely N-dealkylation sites (tertiary alicyclic amines) is 1. The largest absolute Gasteiger partial charge is 0.469 e. The fourth-order valence-corrected chi connectivity index (χ4v) is 2.37. The third-order valence-electron chi connectivity index (χ3n) is 3.43. The van der Waals surface area contributed by atoms with E-state index in [-0.39, 0.29) is 5.97 Å². The molecule has 0 aromatic rings. The van der Waals surface area contributed by atoms with Crippen molar-refractivity contribution in [3.63, 3.8) is 0 Å². The molecule has 2 unspecified atom stereocenters. The van der Waals surface area contributed by atoms with Crippen molar-refractivity contribution in [1.29, 1.82) is 0 Å². The highest BCUT2D eigenvalue weighted by Gasteiger charge is 2.24. The summed E-state index contributed by atoms with van der Waals surface area (Å²) in [7, 11) is 1.44. The summed E-state index contributed by atoms with van der Waals surface area (Å²) in [5, 5.41) is 0. The van der Waals surface area contributed by atoms with E-state index in [4.69, 9.17) is 5.73 Å². The van der Waals surface area contributed by atoms with E-state index in [0.29, 0.717) is 12.5 Å². The van der Waals surface area contributed by atoms with Crippen LogP contribution in [0.2, 0.25) is 0 Å². The Morgan fingerprint density at radius 1 is 1.56 bits per heavy atom. The van der Waals surface area contributed by atoms with E-state index < -0.39 is 0 Å². The van der Waals surface area contributed by atoms with Gasteiger partial charge in [0, 0.05) is 19.0 Å². The van der Waals surface area contributed by atoms with Gasteiger partial charge in [-0.1, -0.05) is 6.92 Å². The van der Waals surface area contributed by atoms with Crippen molar-refractivity contribution in [3.8, 4) is 0 Å². The van der Waals surface area contributed by atoms with Crippen molar-refractivity contribution >= 4 is 5.97 Å². The Kier molecular flexibility index (Phi) is 5.77. The number of hydrogen-bond acceptors (Lipinski definition) is 4. The Bertz CT molecular complexity index is 221. The molecular formula is C12H24N2O2. The summed E-state index contributed by atoms with van der Waals surface area (Å²) >= 11 is 0. The maximum absolute atomic E-state index is 11.0. The molecule has 16 heavy (non-hydrogen) atoms. The Morgan fingerprint density at radius 3 is 2.94 bits per heavy atom. The fourth-order valence-electron chi connectivity index (χ4n) is 2.37. The monoisotopic (exact) mass is 228 g/mol. The van der Waals surface area contributed by atoms with Crippen LogP contribution in [-0.2, 0) is 9.53 Å². The highest BCUT2D eigenvalue weighted by atomic mass is 16.5. The Labute approximate surface area is 98.1 Å². The van der Waals surface area contributed by atoms with Crippen molar-refractivity contribution in [2.45, 2.75) is 38.6 Å². The summed E-state index contributed by atoms with van der Waals surface area (Å²) in [6, 6.07) is 0.501. The molecule has 2 N–H and O–H groups in total. The highest BCUT2D eigenvalue weighted by molar-refractivity contribution is 5.69. The first-order valence-electron chi connectivity index (χ1n) is 6.18. The summed E-state index contributed by atoms with van der Waals surface area (Å²) < 4.78 is 4.63. The lowest BCUT2D eigenvalue weighted by Crippen LogP contribution is -2.46. The molecule has 0 spiro atoms. The third-order valence-corrected chi connectivity index (χ3v) is 3.43. The smallest absolute Gasteiger partial charge is 0.305 e. The average Bonchev–Trinajstić information content (AvgIpc) is 2.30. The highest BCUT2D eigenvalue weighted by Crippen LogP contribution is 2.22. The quantitative estimate of drug-likeness (QED) is 0.713. The van der Waals surface area contributed by atoms with Gasteiger partial charge in [0.1, 0.15) is 0 Å². The van der Waals surface area contributed by atoms with Gasteiger partial charge < -0.3 is 10.5 Å². The van der Waals surface area contributed by atoms with Gasteiger partial charge in [0.25, 0.3) is 0 Å². The maximum atomic E-state index is 11.0. The lowest BCUT2D eigenvalue weighted by molar-refractivity contribution is -0.140. The zero-order valence-electron chi connectivity index (χ0n) is 10.4. The molecule has 1 aliphatic rings. The van der Waals surface area contributed by atoms with Gasteiger partial charge in [-0.05, 0) is 38.3 Å². The number of piperidine rings is 1. The SMILES string of the molecule is COC(=O)CCCN1CCC(C)CC1CN. The second-order valence-corrected chi connectivity index (χ2v) is 4.73. The molecule has 1 saturated heterocycles. The molecule has 0 amide bonds. The normalized spacial score (nSPS) is 26.7. The number of rotatable bonds is 5. The summed E-state index contributed by atoms with van der Waals surface area (Å²) in [6.07, 6.45) is 3.82. The molecule has 1 aliphatic heterocycles. The van der Waals surface area contributed by atoms with Crippen molar-refractivity contribution in [2.75, 3.05) is 26.7 Å². The van der Waals surface area contributed by atoms with E-state index in [0.717, 1.165) is 32.0 Å². The predicted octanol–water partition coefficient (Wildman–Crippen LogP) is 0.999. The molecule has 94 valence electrons. The van der Waals surface area contributed by atoms with Crippen molar-refractivity contribution in [1.82, 2.24) is 4.90 Å². The van der Waals surface area contributed by atoms with Gasteiger partial charge in [0.2, 0.25) is 0 Å². The van der Waals surface area contributed by atoms with Crippen molar-refractivity contribution < 1.29 is 9.53 Å². The minimum absolute atomic E-state index is 0.116. The van der Waals surface area contributed by atoms with E-state index in [1.165, 1.54) is 20.0 Å². The van der Waals surface area contributed by atoms with Crippen LogP contribution >= 0.6 is 0 Å². The zero-order valence-corrected chi connectivity index (χ0v) is 10.4. The van der Waals surface area contributed by atoms with Crippen LogP contribution in [0.25, 0.3) is 0 Å². The second-order valence-electron chi connectivity index (χ2n) is 4.73. The predicted molar refractivity (Wildman–Crippen MR) is 64.1 cm³/mol. The standard InChI is InChI=1S/C12H24N2O2/c1-10-5-7-14(11(8-10)9-13)6-3-4-12(15)16-2/h10-11H,3-9,13H2,1-2H3. The van der Waals surface area contributed by atoms with Crippen LogP contribution in [0.1, 0.15) is 32.6 Å². The van der Waals surface area contributed by atoms with Crippen molar-refractivity contribution in [3.05, 3.63) is 0 Å². The second kappa shape index (κ2) is 6.86. The van der Waals surface area contributed by atoms with Crippen LogP contribution < -0.4 is 5.73 Å². The first kappa shape index (κ1) is 13.5. The molecular weight excluding hydrogens is 204 g/mol. The molecule has 0 aliphatic carbocycles. The van der Waals surface area contributed by atoms with Gasteiger partial charge in [0.15, 0.2) is 0 Å². The number of ether oxygens (including phenoxy) is 1. The van der Waals surface area contributed by atoms with Crippen LogP contribution in [0.3, 0.4) is 0 Å². The molecule has 0 saturated carbocycles. The Hall–Kier alpha value is -0.610. The molecule has 1 heterocycles.